The maximum Gasteiger partial charge on any atom is 0.328 e. The number of carbonyl (C=O) groups excluding carboxylic acids is 4. The van der Waals surface area contributed by atoms with Gasteiger partial charge in [0.2, 0.25) is 23.6 Å². The van der Waals surface area contributed by atoms with E-state index >= 15 is 0 Å². The number of nitrogens with one attached hydrogen (secondary N) is 4. The highest BCUT2D eigenvalue weighted by atomic mass is 16.4. The Labute approximate surface area is 219 Å². The molecule has 0 saturated heterocycles. The van der Waals surface area contributed by atoms with Crippen LogP contribution in [0.4, 0.5) is 0 Å². The number of rotatable bonds is 15. The first kappa shape index (κ1) is 30.3. The Morgan fingerprint density at radius 3 is 2.16 bits per heavy atom. The monoisotopic (exact) mass is 532 g/mol. The Balaban J connectivity index is 2.30. The number of benzene rings is 1. The number of H-pyrrole nitrogens is 1. The average molecular weight is 533 g/mol. The first-order chi connectivity index (χ1) is 17.9. The molecule has 2 aromatic rings. The largest absolute Gasteiger partial charge is 0.480 e. The fraction of sp³-hybridized carbons (Fsp3) is 0.480. The van der Waals surface area contributed by atoms with Crippen LogP contribution in [-0.4, -0.2) is 75.6 Å². The molecule has 2 rings (SSSR count). The van der Waals surface area contributed by atoms with Crippen LogP contribution < -0.4 is 27.4 Å². The van der Waals surface area contributed by atoms with Crippen LogP contribution in [0.2, 0.25) is 0 Å². The number of aromatic amines is 1. The Morgan fingerprint density at radius 2 is 1.55 bits per heavy atom. The molecule has 208 valence electrons. The van der Waals surface area contributed by atoms with E-state index in [4.69, 9.17) is 11.5 Å². The van der Waals surface area contributed by atoms with Crippen LogP contribution in [0.3, 0.4) is 0 Å². The van der Waals surface area contributed by atoms with Crippen molar-refractivity contribution in [3.63, 3.8) is 0 Å². The van der Waals surface area contributed by atoms with Gasteiger partial charge in [0, 0.05) is 29.9 Å². The maximum atomic E-state index is 13.3. The van der Waals surface area contributed by atoms with Gasteiger partial charge >= 0.3 is 5.97 Å². The molecule has 1 aromatic carbocycles. The fourth-order valence-corrected chi connectivity index (χ4v) is 3.91. The van der Waals surface area contributed by atoms with Gasteiger partial charge in [0.25, 0.3) is 0 Å². The van der Waals surface area contributed by atoms with Crippen molar-refractivity contribution in [2.24, 2.45) is 17.4 Å². The third kappa shape index (κ3) is 8.85. The molecule has 0 aliphatic carbocycles. The number of aliphatic hydroxyl groups is 1. The third-order valence-electron chi connectivity index (χ3n) is 5.90. The summed E-state index contributed by atoms with van der Waals surface area (Å²) in [5.41, 5.74) is 12.6. The molecule has 13 heteroatoms. The van der Waals surface area contributed by atoms with E-state index in [9.17, 15) is 34.2 Å². The second-order valence-electron chi connectivity index (χ2n) is 9.51. The molecule has 0 fully saturated rings. The van der Waals surface area contributed by atoms with Gasteiger partial charge < -0.3 is 42.6 Å². The van der Waals surface area contributed by atoms with Crippen LogP contribution in [0.25, 0.3) is 10.9 Å². The van der Waals surface area contributed by atoms with Gasteiger partial charge in [-0.1, -0.05) is 32.0 Å². The standard InChI is InChI=1S/C25H36N6O7/c1-13(2)9-16(26)22(34)29-18(7-8-21(27)33)23(35)30-19(24(36)31-20(12-32)25(37)38)10-14-11-28-17-6-4-3-5-15(14)17/h3-6,11,13,16,18-20,28,32H,7-10,12,26H2,1-2H3,(H2,27,33)(H,29,34)(H,30,35)(H,31,36)(H,37,38). The Morgan fingerprint density at radius 1 is 0.947 bits per heavy atom. The number of carboxylic acids is 1. The quantitative estimate of drug-likeness (QED) is 0.140. The number of carbonyl (C=O) groups is 5. The van der Waals surface area contributed by atoms with E-state index < -0.39 is 60.4 Å². The van der Waals surface area contributed by atoms with Crippen molar-refractivity contribution in [2.45, 2.75) is 63.7 Å². The summed E-state index contributed by atoms with van der Waals surface area (Å²) in [6.45, 7) is 2.91. The molecule has 4 atom stereocenters. The predicted octanol–water partition coefficient (Wildman–Crippen LogP) is -1.12. The molecule has 0 bridgehead atoms. The van der Waals surface area contributed by atoms with Crippen LogP contribution in [0, 0.1) is 5.92 Å². The lowest BCUT2D eigenvalue weighted by molar-refractivity contribution is -0.143. The van der Waals surface area contributed by atoms with Gasteiger partial charge in [0.15, 0.2) is 0 Å². The highest BCUT2D eigenvalue weighted by molar-refractivity contribution is 5.95. The number of nitrogens with two attached hydrogens (primary N) is 2. The summed E-state index contributed by atoms with van der Waals surface area (Å²) in [6.07, 6.45) is 1.62. The van der Waals surface area contributed by atoms with E-state index in [1.165, 1.54) is 0 Å². The predicted molar refractivity (Wildman–Crippen MR) is 138 cm³/mol. The Bertz CT molecular complexity index is 1150. The summed E-state index contributed by atoms with van der Waals surface area (Å²) >= 11 is 0. The number of hydrogen-bond acceptors (Lipinski definition) is 7. The number of amides is 4. The number of hydrogen-bond donors (Lipinski definition) is 8. The van der Waals surface area contributed by atoms with Crippen molar-refractivity contribution in [1.82, 2.24) is 20.9 Å². The molecule has 0 aliphatic heterocycles. The first-order valence-corrected chi connectivity index (χ1v) is 12.3. The number of aliphatic carboxylic acids is 1. The van der Waals surface area contributed by atoms with Gasteiger partial charge in [-0.25, -0.2) is 4.79 Å². The minimum atomic E-state index is -1.59. The molecule has 0 aliphatic rings. The lowest BCUT2D eigenvalue weighted by Gasteiger charge is -2.25. The van der Waals surface area contributed by atoms with Crippen molar-refractivity contribution in [3.8, 4) is 0 Å². The van der Waals surface area contributed by atoms with Crippen LogP contribution in [-0.2, 0) is 30.4 Å². The van der Waals surface area contributed by atoms with Gasteiger partial charge in [-0.3, -0.25) is 19.2 Å². The van der Waals surface area contributed by atoms with Crippen LogP contribution in [0.15, 0.2) is 30.5 Å². The van der Waals surface area contributed by atoms with E-state index in [1.54, 1.807) is 12.3 Å². The number of carboxylic acid groups (broad SMARTS) is 1. The Hall–Kier alpha value is -3.97. The second-order valence-corrected chi connectivity index (χ2v) is 9.51. The van der Waals surface area contributed by atoms with Gasteiger partial charge in [-0.05, 0) is 30.4 Å². The van der Waals surface area contributed by atoms with E-state index in [1.807, 2.05) is 32.0 Å². The molecule has 1 heterocycles. The van der Waals surface area contributed by atoms with Crippen molar-refractivity contribution in [3.05, 3.63) is 36.0 Å². The number of aliphatic hydroxyl groups excluding tert-OH is 1. The molecule has 1 aromatic heterocycles. The summed E-state index contributed by atoms with van der Waals surface area (Å²) in [5.74, 6) is -4.28. The van der Waals surface area contributed by atoms with Crippen molar-refractivity contribution < 1.29 is 34.2 Å². The lowest BCUT2D eigenvalue weighted by Crippen LogP contribution is -2.58. The molecule has 0 saturated carbocycles. The summed E-state index contributed by atoms with van der Waals surface area (Å²) in [7, 11) is 0. The van der Waals surface area contributed by atoms with Crippen molar-refractivity contribution in [2.75, 3.05) is 6.61 Å². The molecule has 0 radical (unpaired) electrons. The fourth-order valence-electron chi connectivity index (χ4n) is 3.91. The smallest absolute Gasteiger partial charge is 0.328 e. The van der Waals surface area contributed by atoms with Crippen LogP contribution >= 0.6 is 0 Å². The highest BCUT2D eigenvalue weighted by Gasteiger charge is 2.31. The van der Waals surface area contributed by atoms with Gasteiger partial charge in [-0.2, -0.15) is 0 Å². The number of primary amides is 1. The first-order valence-electron chi connectivity index (χ1n) is 12.3. The zero-order valence-electron chi connectivity index (χ0n) is 21.4. The molecular weight excluding hydrogens is 496 g/mol. The SMILES string of the molecule is CC(C)CC(N)C(=O)NC(CCC(N)=O)C(=O)NC(Cc1c[nH]c2ccccc12)C(=O)NC(CO)C(=O)O. The topological polar surface area (TPSA) is 230 Å². The number of fused-ring (bicyclic) bond motifs is 1. The van der Waals surface area contributed by atoms with Crippen molar-refractivity contribution in [1.29, 1.82) is 0 Å². The van der Waals surface area contributed by atoms with Gasteiger partial charge in [0.1, 0.15) is 18.1 Å². The zero-order chi connectivity index (χ0) is 28.4. The summed E-state index contributed by atoms with van der Waals surface area (Å²) in [4.78, 5) is 64.7. The van der Waals surface area contributed by atoms with Gasteiger partial charge in [-0.15, -0.1) is 0 Å². The summed E-state index contributed by atoms with van der Waals surface area (Å²) < 4.78 is 0. The normalized spacial score (nSPS) is 14.3. The molecular formula is C25H36N6O7. The van der Waals surface area contributed by atoms with Crippen LogP contribution in [0.5, 0.6) is 0 Å². The van der Waals surface area contributed by atoms with Gasteiger partial charge in [0.05, 0.1) is 12.6 Å². The molecule has 13 nitrogen and oxygen atoms in total. The molecule has 4 unspecified atom stereocenters. The summed E-state index contributed by atoms with van der Waals surface area (Å²) in [6, 6.07) is 2.26. The van der Waals surface area contributed by atoms with E-state index in [0.29, 0.717) is 12.0 Å². The zero-order valence-corrected chi connectivity index (χ0v) is 21.4. The summed E-state index contributed by atoms with van der Waals surface area (Å²) in [5, 5.41) is 26.6. The second kappa shape index (κ2) is 14.1. The minimum absolute atomic E-state index is 0.0390. The third-order valence-corrected chi connectivity index (χ3v) is 5.90. The molecule has 38 heavy (non-hydrogen) atoms. The minimum Gasteiger partial charge on any atom is -0.480 e. The molecule has 0 spiro atoms. The maximum absolute atomic E-state index is 13.3. The van der Waals surface area contributed by atoms with E-state index in [2.05, 4.69) is 20.9 Å². The average Bonchev–Trinajstić information content (AvgIpc) is 3.26. The highest BCUT2D eigenvalue weighted by Crippen LogP contribution is 2.19. The van der Waals surface area contributed by atoms with Crippen molar-refractivity contribution >= 4 is 40.5 Å². The molecule has 10 N–H and O–H groups in total. The number of aromatic nitrogens is 1. The van der Waals surface area contributed by atoms with E-state index in [0.717, 1.165) is 10.9 Å². The number of para-hydroxylation sites is 1. The molecule has 4 amide bonds. The Kier molecular flexibility index (Phi) is 11.2. The lowest BCUT2D eigenvalue weighted by atomic mass is 10.0. The van der Waals surface area contributed by atoms with Crippen LogP contribution in [0.1, 0.15) is 38.7 Å². The van der Waals surface area contributed by atoms with E-state index in [-0.39, 0.29) is 25.2 Å².